The Morgan fingerprint density at radius 3 is 2.83 bits per heavy atom. The Morgan fingerprint density at radius 2 is 2.17 bits per heavy atom. The number of benzene rings is 1. The van der Waals surface area contributed by atoms with Crippen molar-refractivity contribution in [2.24, 2.45) is 0 Å². The van der Waals surface area contributed by atoms with Gasteiger partial charge in [0.15, 0.2) is 0 Å². The Morgan fingerprint density at radius 1 is 1.43 bits per heavy atom. The van der Waals surface area contributed by atoms with Gasteiger partial charge in [-0.15, -0.1) is 0 Å². The second kappa shape index (κ2) is 7.43. The maximum absolute atomic E-state index is 13.4. The molecule has 1 fully saturated rings. The Balaban J connectivity index is 1.88. The molecule has 1 heterocycles. The number of amides is 1. The largest absolute Gasteiger partial charge is 0.355 e. The van der Waals surface area contributed by atoms with Gasteiger partial charge in [0.1, 0.15) is 5.82 Å². The second-order valence-corrected chi connectivity index (χ2v) is 7.50. The summed E-state index contributed by atoms with van der Waals surface area (Å²) in [5.74, 6) is -0.146. The zero-order valence-corrected chi connectivity index (χ0v) is 14.7. The number of hydrogen-bond donors (Lipinski definition) is 1. The normalized spacial score (nSPS) is 19.3. The topological polar surface area (TPSA) is 32.3 Å². The van der Waals surface area contributed by atoms with Crippen molar-refractivity contribution >= 4 is 5.91 Å². The van der Waals surface area contributed by atoms with Crippen LogP contribution in [0.3, 0.4) is 0 Å². The maximum Gasteiger partial charge on any atom is 0.221 e. The molecule has 0 spiro atoms. The highest BCUT2D eigenvalue weighted by molar-refractivity contribution is 5.76. The number of nitrogens with zero attached hydrogens (tertiary/aromatic N) is 1. The maximum atomic E-state index is 13.4. The van der Waals surface area contributed by atoms with E-state index in [-0.39, 0.29) is 17.1 Å². The van der Waals surface area contributed by atoms with Crippen molar-refractivity contribution in [2.45, 2.75) is 64.5 Å². The van der Waals surface area contributed by atoms with Gasteiger partial charge in [0.05, 0.1) is 0 Å². The van der Waals surface area contributed by atoms with Gasteiger partial charge in [-0.05, 0) is 50.9 Å². The van der Waals surface area contributed by atoms with E-state index in [1.54, 1.807) is 12.1 Å². The summed E-state index contributed by atoms with van der Waals surface area (Å²) >= 11 is 0. The van der Waals surface area contributed by atoms with Crippen LogP contribution in [0, 0.1) is 5.82 Å². The van der Waals surface area contributed by atoms with Gasteiger partial charge in [-0.3, -0.25) is 9.69 Å². The Hall–Kier alpha value is -1.42. The number of nitrogens with one attached hydrogen (secondary N) is 1. The van der Waals surface area contributed by atoms with Crippen LogP contribution in [0.25, 0.3) is 0 Å². The van der Waals surface area contributed by atoms with Crippen molar-refractivity contribution in [1.82, 2.24) is 10.2 Å². The fourth-order valence-corrected chi connectivity index (χ4v) is 3.37. The second-order valence-electron chi connectivity index (χ2n) is 7.50. The first-order chi connectivity index (χ1) is 10.8. The van der Waals surface area contributed by atoms with E-state index < -0.39 is 0 Å². The third kappa shape index (κ3) is 4.77. The van der Waals surface area contributed by atoms with Crippen molar-refractivity contribution in [3.8, 4) is 0 Å². The van der Waals surface area contributed by atoms with E-state index in [0.717, 1.165) is 18.5 Å². The third-order valence-electron chi connectivity index (χ3n) is 4.84. The highest BCUT2D eigenvalue weighted by Gasteiger charge is 2.29. The predicted octanol–water partition coefficient (Wildman–Crippen LogP) is 3.48. The van der Waals surface area contributed by atoms with Crippen molar-refractivity contribution < 1.29 is 9.18 Å². The van der Waals surface area contributed by atoms with Crippen LogP contribution in [0.5, 0.6) is 0 Å². The highest BCUT2D eigenvalue weighted by Crippen LogP contribution is 2.24. The zero-order chi connectivity index (χ0) is 17.0. The lowest BCUT2D eigenvalue weighted by Crippen LogP contribution is -2.42. The van der Waals surface area contributed by atoms with E-state index in [1.165, 1.54) is 12.5 Å². The number of hydrogen-bond acceptors (Lipinski definition) is 2. The Kier molecular flexibility index (Phi) is 5.79. The van der Waals surface area contributed by atoms with E-state index >= 15 is 0 Å². The number of likely N-dealkylation sites (tertiary alicyclic amines) is 1. The first-order valence-corrected chi connectivity index (χ1v) is 8.58. The molecule has 0 bridgehead atoms. The minimum Gasteiger partial charge on any atom is -0.355 e. The molecule has 1 amide bonds. The molecule has 1 N–H and O–H groups in total. The van der Waals surface area contributed by atoms with Crippen LogP contribution in [0.2, 0.25) is 0 Å². The smallest absolute Gasteiger partial charge is 0.221 e. The van der Waals surface area contributed by atoms with Gasteiger partial charge < -0.3 is 5.32 Å². The molecule has 0 radical (unpaired) electrons. The third-order valence-corrected chi connectivity index (χ3v) is 4.84. The zero-order valence-electron chi connectivity index (χ0n) is 14.7. The lowest BCUT2D eigenvalue weighted by atomic mass is 9.84. The van der Waals surface area contributed by atoms with E-state index in [1.807, 2.05) is 19.9 Å². The molecule has 1 aromatic rings. The Labute approximate surface area is 139 Å². The van der Waals surface area contributed by atoms with E-state index in [2.05, 4.69) is 24.1 Å². The average molecular weight is 320 g/mol. The van der Waals surface area contributed by atoms with Crippen molar-refractivity contribution in [1.29, 1.82) is 0 Å². The molecule has 3 nitrogen and oxygen atoms in total. The van der Waals surface area contributed by atoms with Gasteiger partial charge in [0.25, 0.3) is 0 Å². The van der Waals surface area contributed by atoms with Crippen molar-refractivity contribution in [2.75, 3.05) is 13.1 Å². The lowest BCUT2D eigenvalue weighted by molar-refractivity contribution is -0.122. The lowest BCUT2D eigenvalue weighted by Gasteiger charge is -2.29. The molecule has 23 heavy (non-hydrogen) atoms. The number of carbonyl (C=O) groups is 1. The summed E-state index contributed by atoms with van der Waals surface area (Å²) in [4.78, 5) is 14.7. The van der Waals surface area contributed by atoms with Crippen LogP contribution >= 0.6 is 0 Å². The van der Waals surface area contributed by atoms with Crippen LogP contribution in [0.1, 0.15) is 52.5 Å². The molecule has 128 valence electrons. The van der Waals surface area contributed by atoms with Crippen LogP contribution in [-0.2, 0) is 10.2 Å². The number of halogens is 1. The molecule has 2 rings (SSSR count). The van der Waals surface area contributed by atoms with E-state index in [4.69, 9.17) is 0 Å². The summed E-state index contributed by atoms with van der Waals surface area (Å²) < 4.78 is 13.4. The van der Waals surface area contributed by atoms with Crippen LogP contribution in [0.4, 0.5) is 4.39 Å². The van der Waals surface area contributed by atoms with Gasteiger partial charge in [-0.25, -0.2) is 4.39 Å². The highest BCUT2D eigenvalue weighted by atomic mass is 19.1. The standard InChI is InChI=1S/C19H29FN2O/c1-14(2)22-10-6-9-17(22)12-18(23)21-13-19(3,4)15-7-5-8-16(20)11-15/h5,7-8,11,14,17H,6,9-10,12-13H2,1-4H3,(H,21,23)/t17-/m0/s1. The molecule has 0 saturated carbocycles. The minimum absolute atomic E-state index is 0.0898. The summed E-state index contributed by atoms with van der Waals surface area (Å²) in [7, 11) is 0. The molecule has 1 saturated heterocycles. The molecule has 1 aromatic carbocycles. The van der Waals surface area contributed by atoms with Crippen LogP contribution in [-0.4, -0.2) is 36.0 Å². The average Bonchev–Trinajstić information content (AvgIpc) is 2.93. The summed E-state index contributed by atoms with van der Waals surface area (Å²) in [6, 6.07) is 7.45. The number of rotatable bonds is 6. The fourth-order valence-electron chi connectivity index (χ4n) is 3.37. The first kappa shape index (κ1) is 17.9. The Bertz CT molecular complexity index is 542. The van der Waals surface area contributed by atoms with Crippen LogP contribution < -0.4 is 5.32 Å². The molecule has 0 aliphatic carbocycles. The summed E-state index contributed by atoms with van der Waals surface area (Å²) in [6.45, 7) is 10.0. The molecule has 4 heteroatoms. The summed E-state index contributed by atoms with van der Waals surface area (Å²) in [5.41, 5.74) is 0.619. The quantitative estimate of drug-likeness (QED) is 0.870. The minimum atomic E-state index is -0.287. The predicted molar refractivity (Wildman–Crippen MR) is 91.9 cm³/mol. The number of carbonyl (C=O) groups excluding carboxylic acids is 1. The fraction of sp³-hybridized carbons (Fsp3) is 0.632. The molecular weight excluding hydrogens is 291 g/mol. The van der Waals surface area contributed by atoms with E-state index in [0.29, 0.717) is 25.0 Å². The molecule has 1 atom stereocenters. The van der Waals surface area contributed by atoms with Gasteiger partial charge in [0.2, 0.25) is 5.91 Å². The molecule has 1 aliphatic rings. The molecular formula is C19H29FN2O. The van der Waals surface area contributed by atoms with Gasteiger partial charge in [-0.1, -0.05) is 26.0 Å². The van der Waals surface area contributed by atoms with Crippen LogP contribution in [0.15, 0.2) is 24.3 Å². The van der Waals surface area contributed by atoms with E-state index in [9.17, 15) is 9.18 Å². The van der Waals surface area contributed by atoms with Crippen molar-refractivity contribution in [3.05, 3.63) is 35.6 Å². The first-order valence-electron chi connectivity index (χ1n) is 8.58. The van der Waals surface area contributed by atoms with Gasteiger partial charge >= 0.3 is 0 Å². The summed E-state index contributed by atoms with van der Waals surface area (Å²) in [5, 5.41) is 3.04. The molecule has 0 unspecified atom stereocenters. The monoisotopic (exact) mass is 320 g/mol. The van der Waals surface area contributed by atoms with Gasteiger partial charge in [-0.2, -0.15) is 0 Å². The summed E-state index contributed by atoms with van der Waals surface area (Å²) in [6.07, 6.45) is 2.82. The van der Waals surface area contributed by atoms with Gasteiger partial charge in [0, 0.05) is 30.5 Å². The molecule has 1 aliphatic heterocycles. The molecule has 0 aromatic heterocycles. The van der Waals surface area contributed by atoms with Crippen molar-refractivity contribution in [3.63, 3.8) is 0 Å². The SMILES string of the molecule is CC(C)N1CCC[C@H]1CC(=O)NCC(C)(C)c1cccc(F)c1.